The van der Waals surface area contributed by atoms with Crippen LogP contribution in [0.1, 0.15) is 53.4 Å². The molecule has 6 heteroatoms. The zero-order valence-electron chi connectivity index (χ0n) is 15.3. The smallest absolute Gasteiger partial charge is 0.222 e. The Hall–Kier alpha value is -1.72. The zero-order chi connectivity index (χ0) is 18.3. The topological polar surface area (TPSA) is 74.8 Å². The first-order valence-corrected chi connectivity index (χ1v) is 8.78. The maximum Gasteiger partial charge on any atom is 0.222 e. The molecule has 0 aliphatic carbocycles. The minimum absolute atomic E-state index is 0.0559. The lowest BCUT2D eigenvalue weighted by Gasteiger charge is -2.35. The molecule has 136 valence electrons. The average Bonchev–Trinajstić information content (AvgIpc) is 2.56. The molecule has 1 rings (SSSR count). The van der Waals surface area contributed by atoms with Crippen LogP contribution in [-0.4, -0.2) is 59.4 Å². The molecule has 6 nitrogen and oxygen atoms in total. The van der Waals surface area contributed by atoms with Crippen molar-refractivity contribution in [2.24, 2.45) is 11.8 Å². The summed E-state index contributed by atoms with van der Waals surface area (Å²) in [5.41, 5.74) is 0. The molecule has 0 aromatic heterocycles. The van der Waals surface area contributed by atoms with Gasteiger partial charge in [0.05, 0.1) is 0 Å². The predicted molar refractivity (Wildman–Crippen MR) is 91.3 cm³/mol. The fourth-order valence-electron chi connectivity index (χ4n) is 2.61. The summed E-state index contributed by atoms with van der Waals surface area (Å²) in [5.74, 6) is 0.164. The van der Waals surface area contributed by atoms with Crippen LogP contribution >= 0.6 is 0 Å². The van der Waals surface area contributed by atoms with Crippen LogP contribution in [0.4, 0.5) is 0 Å². The SMILES string of the molecule is CC(=O)C(C)CCC(=O)N1CCN(C(=O)CCC(C)C(C)=O)CC1. The van der Waals surface area contributed by atoms with E-state index in [1.165, 1.54) is 0 Å². The molecule has 0 spiro atoms. The van der Waals surface area contributed by atoms with Crippen LogP contribution in [-0.2, 0) is 19.2 Å². The molecule has 0 aromatic rings. The van der Waals surface area contributed by atoms with E-state index in [4.69, 9.17) is 0 Å². The van der Waals surface area contributed by atoms with Crippen LogP contribution < -0.4 is 0 Å². The Morgan fingerprint density at radius 1 is 0.708 bits per heavy atom. The van der Waals surface area contributed by atoms with Gasteiger partial charge in [-0.2, -0.15) is 0 Å². The molecule has 2 unspecified atom stereocenters. The van der Waals surface area contributed by atoms with E-state index in [2.05, 4.69) is 0 Å². The van der Waals surface area contributed by atoms with E-state index in [1.807, 2.05) is 13.8 Å². The molecule has 2 atom stereocenters. The number of hydrogen-bond acceptors (Lipinski definition) is 4. The quantitative estimate of drug-likeness (QED) is 0.675. The summed E-state index contributed by atoms with van der Waals surface area (Å²) in [4.78, 5) is 50.3. The number of rotatable bonds is 8. The van der Waals surface area contributed by atoms with Crippen molar-refractivity contribution in [3.8, 4) is 0 Å². The highest BCUT2D eigenvalue weighted by Gasteiger charge is 2.24. The third-order valence-electron chi connectivity index (χ3n) is 4.96. The van der Waals surface area contributed by atoms with E-state index in [9.17, 15) is 19.2 Å². The lowest BCUT2D eigenvalue weighted by atomic mass is 10.0. The third-order valence-corrected chi connectivity index (χ3v) is 4.96. The molecule has 0 N–H and O–H groups in total. The van der Waals surface area contributed by atoms with E-state index in [1.54, 1.807) is 23.6 Å². The Kier molecular flexibility index (Phi) is 8.08. The molecule has 0 saturated carbocycles. The van der Waals surface area contributed by atoms with Gasteiger partial charge in [-0.05, 0) is 26.7 Å². The molecule has 1 saturated heterocycles. The highest BCUT2D eigenvalue weighted by Crippen LogP contribution is 2.13. The first kappa shape index (κ1) is 20.3. The van der Waals surface area contributed by atoms with Crippen LogP contribution in [0.5, 0.6) is 0 Å². The minimum Gasteiger partial charge on any atom is -0.339 e. The highest BCUT2D eigenvalue weighted by atomic mass is 16.2. The third kappa shape index (κ3) is 6.42. The number of Topliss-reactive ketones (excluding diaryl/α,β-unsaturated/α-hetero) is 2. The Morgan fingerprint density at radius 3 is 1.25 bits per heavy atom. The van der Waals surface area contributed by atoms with Crippen molar-refractivity contribution in [2.75, 3.05) is 26.2 Å². The molecule has 2 amide bonds. The summed E-state index contributed by atoms with van der Waals surface area (Å²) in [6, 6.07) is 0. The van der Waals surface area contributed by atoms with Gasteiger partial charge >= 0.3 is 0 Å². The van der Waals surface area contributed by atoms with Gasteiger partial charge in [0.2, 0.25) is 11.8 Å². The Balaban J connectivity index is 2.32. The van der Waals surface area contributed by atoms with Gasteiger partial charge in [0, 0.05) is 50.9 Å². The zero-order valence-corrected chi connectivity index (χ0v) is 15.3. The second-order valence-electron chi connectivity index (χ2n) is 6.86. The molecule has 0 aromatic carbocycles. The minimum atomic E-state index is -0.0833. The maximum atomic E-state index is 12.2. The molecule has 1 fully saturated rings. The number of hydrogen-bond donors (Lipinski definition) is 0. The normalized spacial score (nSPS) is 17.3. The summed E-state index contributed by atoms with van der Waals surface area (Å²) < 4.78 is 0. The number of carbonyl (C=O) groups excluding carboxylic acids is 4. The Labute approximate surface area is 144 Å². The number of amides is 2. The van der Waals surface area contributed by atoms with Gasteiger partial charge < -0.3 is 9.80 Å². The fraction of sp³-hybridized carbons (Fsp3) is 0.778. The molecule has 1 aliphatic heterocycles. The summed E-state index contributed by atoms with van der Waals surface area (Å²) in [7, 11) is 0. The van der Waals surface area contributed by atoms with E-state index in [0.29, 0.717) is 51.9 Å². The molecule has 24 heavy (non-hydrogen) atoms. The first-order chi connectivity index (χ1) is 11.2. The van der Waals surface area contributed by atoms with Crippen LogP contribution in [0.15, 0.2) is 0 Å². The molecule has 1 heterocycles. The van der Waals surface area contributed by atoms with Gasteiger partial charge in [-0.25, -0.2) is 0 Å². The van der Waals surface area contributed by atoms with Crippen molar-refractivity contribution in [2.45, 2.75) is 53.4 Å². The van der Waals surface area contributed by atoms with Crippen LogP contribution in [0.25, 0.3) is 0 Å². The van der Waals surface area contributed by atoms with Crippen molar-refractivity contribution in [3.05, 3.63) is 0 Å². The molecule has 0 bridgehead atoms. The van der Waals surface area contributed by atoms with E-state index >= 15 is 0 Å². The van der Waals surface area contributed by atoms with Crippen molar-refractivity contribution in [1.82, 2.24) is 9.80 Å². The maximum absolute atomic E-state index is 12.2. The summed E-state index contributed by atoms with van der Waals surface area (Å²) in [6.45, 7) is 8.95. The summed E-state index contributed by atoms with van der Waals surface area (Å²) >= 11 is 0. The van der Waals surface area contributed by atoms with Gasteiger partial charge in [-0.1, -0.05) is 13.8 Å². The number of ketones is 2. The van der Waals surface area contributed by atoms with Gasteiger partial charge in [0.15, 0.2) is 0 Å². The monoisotopic (exact) mass is 338 g/mol. The molecular formula is C18H30N2O4. The largest absolute Gasteiger partial charge is 0.339 e. The Morgan fingerprint density at radius 2 is 1.00 bits per heavy atom. The molecule has 0 radical (unpaired) electrons. The number of nitrogens with zero attached hydrogens (tertiary/aromatic N) is 2. The second kappa shape index (κ2) is 9.55. The van der Waals surface area contributed by atoms with Crippen molar-refractivity contribution in [1.29, 1.82) is 0 Å². The lowest BCUT2D eigenvalue weighted by Crippen LogP contribution is -2.50. The highest BCUT2D eigenvalue weighted by molar-refractivity contribution is 5.81. The van der Waals surface area contributed by atoms with Crippen molar-refractivity contribution < 1.29 is 19.2 Å². The summed E-state index contributed by atoms with van der Waals surface area (Å²) in [6.07, 6.45) is 1.92. The predicted octanol–water partition coefficient (Wildman–Crippen LogP) is 1.67. The van der Waals surface area contributed by atoms with Gasteiger partial charge in [-0.15, -0.1) is 0 Å². The average molecular weight is 338 g/mol. The van der Waals surface area contributed by atoms with E-state index in [-0.39, 0.29) is 35.2 Å². The Bertz CT molecular complexity index is 437. The summed E-state index contributed by atoms with van der Waals surface area (Å²) in [5, 5.41) is 0. The lowest BCUT2D eigenvalue weighted by molar-refractivity contribution is -0.140. The van der Waals surface area contributed by atoms with Gasteiger partial charge in [0.25, 0.3) is 0 Å². The standard InChI is InChI=1S/C18H30N2O4/c1-13(15(3)21)5-7-17(23)19-9-11-20(12-10-19)18(24)8-6-14(2)16(4)22/h13-14H,5-12H2,1-4H3. The van der Waals surface area contributed by atoms with Crippen molar-refractivity contribution >= 4 is 23.4 Å². The van der Waals surface area contributed by atoms with E-state index in [0.717, 1.165) is 0 Å². The number of piperazine rings is 1. The van der Waals surface area contributed by atoms with Gasteiger partial charge in [-0.3, -0.25) is 19.2 Å². The first-order valence-electron chi connectivity index (χ1n) is 8.78. The van der Waals surface area contributed by atoms with Crippen LogP contribution in [0.2, 0.25) is 0 Å². The van der Waals surface area contributed by atoms with Crippen molar-refractivity contribution in [3.63, 3.8) is 0 Å². The van der Waals surface area contributed by atoms with Crippen LogP contribution in [0.3, 0.4) is 0 Å². The number of carbonyl (C=O) groups is 4. The fourth-order valence-corrected chi connectivity index (χ4v) is 2.61. The van der Waals surface area contributed by atoms with E-state index < -0.39 is 0 Å². The van der Waals surface area contributed by atoms with Crippen LogP contribution in [0, 0.1) is 11.8 Å². The molecular weight excluding hydrogens is 308 g/mol. The van der Waals surface area contributed by atoms with Gasteiger partial charge in [0.1, 0.15) is 11.6 Å². The second-order valence-corrected chi connectivity index (χ2v) is 6.86. The molecule has 1 aliphatic rings.